The van der Waals surface area contributed by atoms with Crippen LogP contribution < -0.4 is 5.32 Å². The van der Waals surface area contributed by atoms with Gasteiger partial charge in [-0.1, -0.05) is 0 Å². The van der Waals surface area contributed by atoms with E-state index >= 15 is 0 Å². The zero-order valence-corrected chi connectivity index (χ0v) is 12.3. The third-order valence-electron chi connectivity index (χ3n) is 2.10. The van der Waals surface area contributed by atoms with Crippen molar-refractivity contribution >= 4 is 23.5 Å². The van der Waals surface area contributed by atoms with Crippen LogP contribution >= 0.6 is 11.6 Å². The Morgan fingerprint density at radius 2 is 1.26 bits per heavy atom. The topological polar surface area (TPSA) is 89.9 Å². The van der Waals surface area contributed by atoms with Crippen molar-refractivity contribution in [3.05, 3.63) is 0 Å². The highest BCUT2D eigenvalue weighted by Gasteiger charge is 2.38. The normalized spacial score (nSPS) is 15.6. The van der Waals surface area contributed by atoms with Crippen molar-refractivity contribution in [2.24, 2.45) is 0 Å². The quantitative estimate of drug-likeness (QED) is 0.498. The number of nitrogens with zero attached hydrogens (tertiary/aromatic N) is 1. The van der Waals surface area contributed by atoms with Gasteiger partial charge in [0.15, 0.2) is 0 Å². The van der Waals surface area contributed by atoms with E-state index in [-0.39, 0.29) is 0 Å². The van der Waals surface area contributed by atoms with Crippen molar-refractivity contribution in [3.63, 3.8) is 0 Å². The molecule has 138 valence electrons. The van der Waals surface area contributed by atoms with Gasteiger partial charge in [0.1, 0.15) is 0 Å². The molecule has 0 unspecified atom stereocenters. The summed E-state index contributed by atoms with van der Waals surface area (Å²) in [6.45, 7) is 5.61. The third-order valence-corrected chi connectivity index (χ3v) is 2.26. The third kappa shape index (κ3) is 15.4. The molecule has 0 spiro atoms. The minimum atomic E-state index is -5.08. The molecule has 23 heavy (non-hydrogen) atoms. The van der Waals surface area contributed by atoms with Crippen LogP contribution in [0.4, 0.5) is 26.3 Å². The summed E-state index contributed by atoms with van der Waals surface area (Å²) in [5.74, 6) is -4.75. The molecule has 1 aliphatic rings. The molecule has 0 aromatic heterocycles. The molecule has 0 saturated carbocycles. The van der Waals surface area contributed by atoms with Crippen LogP contribution in [-0.4, -0.2) is 78.0 Å². The number of aliphatic carboxylic acids is 2. The Morgan fingerprint density at radius 3 is 1.48 bits per heavy atom. The molecule has 1 heterocycles. The highest BCUT2D eigenvalue weighted by atomic mass is 35.5. The predicted octanol–water partition coefficient (Wildman–Crippen LogP) is 1.40. The van der Waals surface area contributed by atoms with Crippen LogP contribution in [0.5, 0.6) is 0 Å². The van der Waals surface area contributed by atoms with E-state index < -0.39 is 24.3 Å². The van der Waals surface area contributed by atoms with Crippen molar-refractivity contribution in [2.45, 2.75) is 12.4 Å². The molecule has 1 saturated heterocycles. The van der Waals surface area contributed by atoms with E-state index in [2.05, 4.69) is 10.2 Å². The number of alkyl halides is 7. The van der Waals surface area contributed by atoms with Crippen LogP contribution in [0, 0.1) is 0 Å². The molecular formula is C10H15ClF6N2O4. The molecule has 1 rings (SSSR count). The Labute approximate surface area is 132 Å². The lowest BCUT2D eigenvalue weighted by molar-refractivity contribution is -0.193. The van der Waals surface area contributed by atoms with Gasteiger partial charge < -0.3 is 15.5 Å². The van der Waals surface area contributed by atoms with Gasteiger partial charge in [-0.3, -0.25) is 4.90 Å². The summed E-state index contributed by atoms with van der Waals surface area (Å²) in [7, 11) is 0. The molecule has 0 aliphatic carbocycles. The van der Waals surface area contributed by atoms with Crippen LogP contribution in [-0.2, 0) is 9.59 Å². The first-order valence-corrected chi connectivity index (χ1v) is 6.45. The molecule has 1 fully saturated rings. The molecule has 3 N–H and O–H groups in total. The summed E-state index contributed by atoms with van der Waals surface area (Å²) in [6, 6.07) is 0. The standard InChI is InChI=1S/C6H13ClN2.2C2HF3O2/c7-1-4-9-5-2-8-3-6-9;2*3-2(4,5)1(6)7/h8H,1-6H2;2*(H,6,7). The van der Waals surface area contributed by atoms with Gasteiger partial charge in [-0.2, -0.15) is 26.3 Å². The van der Waals surface area contributed by atoms with Gasteiger partial charge in [0, 0.05) is 38.6 Å². The van der Waals surface area contributed by atoms with Gasteiger partial charge in [0.05, 0.1) is 0 Å². The number of nitrogens with one attached hydrogen (secondary N) is 1. The molecule has 6 nitrogen and oxygen atoms in total. The number of piperazine rings is 1. The van der Waals surface area contributed by atoms with Crippen molar-refractivity contribution in [3.8, 4) is 0 Å². The molecule has 0 bridgehead atoms. The second-order valence-corrected chi connectivity index (χ2v) is 4.26. The maximum atomic E-state index is 10.6. The van der Waals surface area contributed by atoms with Gasteiger partial charge in [0.2, 0.25) is 0 Å². The number of halogens is 7. The first-order chi connectivity index (χ1) is 10.3. The lowest BCUT2D eigenvalue weighted by Gasteiger charge is -2.25. The lowest BCUT2D eigenvalue weighted by atomic mass is 10.4. The molecule has 0 aromatic carbocycles. The zero-order chi connectivity index (χ0) is 18.7. The van der Waals surface area contributed by atoms with E-state index in [9.17, 15) is 26.3 Å². The highest BCUT2D eigenvalue weighted by molar-refractivity contribution is 6.18. The van der Waals surface area contributed by atoms with Crippen LogP contribution in [0.1, 0.15) is 0 Å². The Hall–Kier alpha value is -1.27. The van der Waals surface area contributed by atoms with E-state index in [0.717, 1.165) is 38.6 Å². The van der Waals surface area contributed by atoms with Gasteiger partial charge in [0.25, 0.3) is 0 Å². The molecular weight excluding hydrogens is 362 g/mol. The molecule has 0 aromatic rings. The number of hydrogen-bond acceptors (Lipinski definition) is 4. The number of carbonyl (C=O) groups is 2. The van der Waals surface area contributed by atoms with Gasteiger partial charge in [-0.25, -0.2) is 9.59 Å². The van der Waals surface area contributed by atoms with Crippen molar-refractivity contribution in [1.29, 1.82) is 0 Å². The smallest absolute Gasteiger partial charge is 0.475 e. The minimum absolute atomic E-state index is 0.764. The summed E-state index contributed by atoms with van der Waals surface area (Å²) in [5.41, 5.74) is 0. The second kappa shape index (κ2) is 11.3. The Balaban J connectivity index is 0. The first kappa shape index (κ1) is 24.0. The van der Waals surface area contributed by atoms with Crippen molar-refractivity contribution in [1.82, 2.24) is 10.2 Å². The summed E-state index contributed by atoms with van der Waals surface area (Å²) in [4.78, 5) is 20.2. The minimum Gasteiger partial charge on any atom is -0.475 e. The Bertz CT molecular complexity index is 331. The first-order valence-electron chi connectivity index (χ1n) is 5.91. The van der Waals surface area contributed by atoms with Crippen LogP contribution in [0.15, 0.2) is 0 Å². The number of rotatable bonds is 2. The van der Waals surface area contributed by atoms with E-state index in [1.165, 1.54) is 0 Å². The number of hydrogen-bond donors (Lipinski definition) is 3. The van der Waals surface area contributed by atoms with E-state index in [4.69, 9.17) is 31.4 Å². The summed E-state index contributed by atoms with van der Waals surface area (Å²) < 4.78 is 63.5. The molecule has 1 aliphatic heterocycles. The van der Waals surface area contributed by atoms with Crippen molar-refractivity contribution in [2.75, 3.05) is 38.6 Å². The molecule has 0 radical (unpaired) electrons. The van der Waals surface area contributed by atoms with Crippen molar-refractivity contribution < 1.29 is 46.1 Å². The highest BCUT2D eigenvalue weighted by Crippen LogP contribution is 2.13. The van der Waals surface area contributed by atoms with Crippen LogP contribution in [0.3, 0.4) is 0 Å². The van der Waals surface area contributed by atoms with E-state index in [1.807, 2.05) is 0 Å². The fourth-order valence-corrected chi connectivity index (χ4v) is 1.29. The monoisotopic (exact) mass is 376 g/mol. The van der Waals surface area contributed by atoms with Gasteiger partial charge >= 0.3 is 24.3 Å². The Morgan fingerprint density at radius 1 is 0.957 bits per heavy atom. The maximum absolute atomic E-state index is 10.6. The van der Waals surface area contributed by atoms with Crippen LogP contribution in [0.25, 0.3) is 0 Å². The van der Waals surface area contributed by atoms with Crippen LogP contribution in [0.2, 0.25) is 0 Å². The second-order valence-electron chi connectivity index (χ2n) is 3.89. The van der Waals surface area contributed by atoms with E-state index in [1.54, 1.807) is 0 Å². The summed E-state index contributed by atoms with van der Waals surface area (Å²) in [6.07, 6.45) is -10.2. The number of carboxylic acid groups (broad SMARTS) is 2. The zero-order valence-electron chi connectivity index (χ0n) is 11.5. The largest absolute Gasteiger partial charge is 0.490 e. The fraction of sp³-hybridized carbons (Fsp3) is 0.800. The average Bonchev–Trinajstić information content (AvgIpc) is 2.39. The maximum Gasteiger partial charge on any atom is 0.490 e. The Kier molecular flexibility index (Phi) is 11.8. The van der Waals surface area contributed by atoms with Gasteiger partial charge in [-0.05, 0) is 0 Å². The SMILES string of the molecule is ClCCN1CCNCC1.O=C(O)C(F)(F)F.O=C(O)C(F)(F)F. The molecule has 0 atom stereocenters. The predicted molar refractivity (Wildman–Crippen MR) is 67.4 cm³/mol. The van der Waals surface area contributed by atoms with Gasteiger partial charge in [-0.15, -0.1) is 11.6 Å². The fourth-order valence-electron chi connectivity index (χ4n) is 1.05. The molecule has 13 heteroatoms. The summed E-state index contributed by atoms with van der Waals surface area (Å²) >= 11 is 5.57. The molecule has 0 amide bonds. The number of carboxylic acids is 2. The lowest BCUT2D eigenvalue weighted by Crippen LogP contribution is -2.44. The van der Waals surface area contributed by atoms with E-state index in [0.29, 0.717) is 0 Å². The summed E-state index contributed by atoms with van der Waals surface area (Å²) in [5, 5.41) is 17.5. The average molecular weight is 377 g/mol.